The highest BCUT2D eigenvalue weighted by Gasteiger charge is 2.26. The van der Waals surface area contributed by atoms with Crippen LogP contribution in [0.15, 0.2) is 54.9 Å². The lowest BCUT2D eigenvalue weighted by atomic mass is 10.2. The minimum absolute atomic E-state index is 0.153. The Morgan fingerprint density at radius 1 is 1.19 bits per heavy atom. The number of hydrogen-bond acceptors (Lipinski definition) is 5. The van der Waals surface area contributed by atoms with Crippen molar-refractivity contribution in [1.82, 2.24) is 9.97 Å². The summed E-state index contributed by atoms with van der Waals surface area (Å²) in [5.74, 6) is 0.975. The zero-order chi connectivity index (χ0) is 18.8. The van der Waals surface area contributed by atoms with Gasteiger partial charge < -0.3 is 15.0 Å². The molecule has 1 amide bonds. The standard InChI is InChI=1S/C20H17ClN4O2/c1-27-18-7-6-14(21)10-15(18)24-19-12-22-16(11-23-19)20(26)25-9-8-13-4-2-3-5-17(13)25/h2-7,10-12H,8-9H2,1H3,(H,23,24). The van der Waals surface area contributed by atoms with E-state index in [1.165, 1.54) is 18.0 Å². The second-order valence-corrected chi connectivity index (χ2v) is 6.53. The van der Waals surface area contributed by atoms with Crippen molar-refractivity contribution in [2.24, 2.45) is 0 Å². The molecule has 0 fully saturated rings. The number of methoxy groups -OCH3 is 1. The lowest BCUT2D eigenvalue weighted by Crippen LogP contribution is -2.29. The first-order valence-corrected chi connectivity index (χ1v) is 8.86. The zero-order valence-corrected chi connectivity index (χ0v) is 15.4. The number of carbonyl (C=O) groups is 1. The first-order chi connectivity index (χ1) is 13.2. The molecule has 2 aromatic carbocycles. The van der Waals surface area contributed by atoms with Gasteiger partial charge in [-0.3, -0.25) is 4.79 Å². The lowest BCUT2D eigenvalue weighted by Gasteiger charge is -2.16. The third-order valence-electron chi connectivity index (χ3n) is 4.43. The molecule has 0 radical (unpaired) electrons. The lowest BCUT2D eigenvalue weighted by molar-refractivity contribution is 0.0984. The Morgan fingerprint density at radius 2 is 2.04 bits per heavy atom. The molecular weight excluding hydrogens is 364 g/mol. The minimum atomic E-state index is -0.153. The van der Waals surface area contributed by atoms with Gasteiger partial charge in [-0.1, -0.05) is 29.8 Å². The van der Waals surface area contributed by atoms with Crippen molar-refractivity contribution >= 4 is 34.7 Å². The van der Waals surface area contributed by atoms with Crippen LogP contribution in [0.1, 0.15) is 16.1 Å². The molecular formula is C20H17ClN4O2. The number of benzene rings is 2. The van der Waals surface area contributed by atoms with E-state index in [0.29, 0.717) is 34.5 Å². The monoisotopic (exact) mass is 380 g/mol. The number of carbonyl (C=O) groups excluding carboxylic acids is 1. The van der Waals surface area contributed by atoms with Gasteiger partial charge in [0.15, 0.2) is 0 Å². The van der Waals surface area contributed by atoms with Crippen LogP contribution in [0.5, 0.6) is 5.75 Å². The predicted octanol–water partition coefficient (Wildman–Crippen LogP) is 4.09. The summed E-state index contributed by atoms with van der Waals surface area (Å²) in [6.07, 6.45) is 3.85. The summed E-state index contributed by atoms with van der Waals surface area (Å²) in [5.41, 5.74) is 3.09. The summed E-state index contributed by atoms with van der Waals surface area (Å²) in [5, 5.41) is 3.68. The average molecular weight is 381 g/mol. The minimum Gasteiger partial charge on any atom is -0.495 e. The predicted molar refractivity (Wildman–Crippen MR) is 105 cm³/mol. The van der Waals surface area contributed by atoms with E-state index in [4.69, 9.17) is 16.3 Å². The number of aromatic nitrogens is 2. The highest BCUT2D eigenvalue weighted by atomic mass is 35.5. The van der Waals surface area contributed by atoms with Gasteiger partial charge in [-0.25, -0.2) is 9.97 Å². The van der Waals surface area contributed by atoms with E-state index >= 15 is 0 Å². The third-order valence-corrected chi connectivity index (χ3v) is 4.66. The van der Waals surface area contributed by atoms with Crippen LogP contribution in [0.3, 0.4) is 0 Å². The molecule has 1 aliphatic heterocycles. The summed E-state index contributed by atoms with van der Waals surface area (Å²) >= 11 is 6.04. The maximum absolute atomic E-state index is 12.8. The highest BCUT2D eigenvalue weighted by Crippen LogP contribution is 2.30. The number of ether oxygens (including phenoxy) is 1. The molecule has 1 aliphatic rings. The quantitative estimate of drug-likeness (QED) is 0.738. The number of para-hydroxylation sites is 1. The molecule has 0 saturated carbocycles. The molecule has 2 heterocycles. The fourth-order valence-electron chi connectivity index (χ4n) is 3.11. The number of rotatable bonds is 4. The molecule has 1 N–H and O–H groups in total. The van der Waals surface area contributed by atoms with E-state index in [-0.39, 0.29) is 5.91 Å². The summed E-state index contributed by atoms with van der Waals surface area (Å²) in [7, 11) is 1.58. The van der Waals surface area contributed by atoms with Crippen LogP contribution in [0.2, 0.25) is 5.02 Å². The number of hydrogen-bond donors (Lipinski definition) is 1. The van der Waals surface area contributed by atoms with Crippen molar-refractivity contribution in [3.8, 4) is 5.75 Å². The smallest absolute Gasteiger partial charge is 0.278 e. The van der Waals surface area contributed by atoms with Gasteiger partial charge in [0.1, 0.15) is 17.3 Å². The third kappa shape index (κ3) is 3.44. The van der Waals surface area contributed by atoms with Crippen LogP contribution in [0.4, 0.5) is 17.2 Å². The Hall–Kier alpha value is -3.12. The highest BCUT2D eigenvalue weighted by molar-refractivity contribution is 6.31. The van der Waals surface area contributed by atoms with E-state index < -0.39 is 0 Å². The van der Waals surface area contributed by atoms with Gasteiger partial charge in [-0.2, -0.15) is 0 Å². The van der Waals surface area contributed by atoms with Gasteiger partial charge in [0.2, 0.25) is 0 Å². The van der Waals surface area contributed by atoms with E-state index in [1.807, 2.05) is 24.3 Å². The number of nitrogens with one attached hydrogen (secondary N) is 1. The van der Waals surface area contributed by atoms with Crippen molar-refractivity contribution in [3.05, 3.63) is 71.1 Å². The fourth-order valence-corrected chi connectivity index (χ4v) is 3.28. The molecule has 4 rings (SSSR count). The Bertz CT molecular complexity index is 992. The molecule has 0 bridgehead atoms. The van der Waals surface area contributed by atoms with Crippen LogP contribution >= 0.6 is 11.6 Å². The number of amides is 1. The van der Waals surface area contributed by atoms with E-state index in [2.05, 4.69) is 15.3 Å². The van der Waals surface area contributed by atoms with Crippen LogP contribution in [-0.4, -0.2) is 29.5 Å². The fraction of sp³-hybridized carbons (Fsp3) is 0.150. The zero-order valence-electron chi connectivity index (χ0n) is 14.6. The molecule has 0 unspecified atom stereocenters. The van der Waals surface area contributed by atoms with Crippen molar-refractivity contribution in [2.45, 2.75) is 6.42 Å². The molecule has 0 aliphatic carbocycles. The summed E-state index contributed by atoms with van der Waals surface area (Å²) in [6.45, 7) is 0.652. The summed E-state index contributed by atoms with van der Waals surface area (Å²) < 4.78 is 5.31. The summed E-state index contributed by atoms with van der Waals surface area (Å²) in [6, 6.07) is 13.2. The van der Waals surface area contributed by atoms with Crippen LogP contribution in [0, 0.1) is 0 Å². The van der Waals surface area contributed by atoms with Crippen molar-refractivity contribution < 1.29 is 9.53 Å². The van der Waals surface area contributed by atoms with Gasteiger partial charge in [-0.15, -0.1) is 0 Å². The average Bonchev–Trinajstić information content (AvgIpc) is 3.12. The van der Waals surface area contributed by atoms with Crippen LogP contribution < -0.4 is 15.0 Å². The Labute approximate surface area is 161 Å². The van der Waals surface area contributed by atoms with Gasteiger partial charge in [-0.05, 0) is 36.2 Å². The van der Waals surface area contributed by atoms with Gasteiger partial charge >= 0.3 is 0 Å². The number of nitrogens with zero attached hydrogens (tertiary/aromatic N) is 3. The van der Waals surface area contributed by atoms with Gasteiger partial charge in [0.05, 0.1) is 25.2 Å². The molecule has 1 aromatic heterocycles. The van der Waals surface area contributed by atoms with Crippen LogP contribution in [0.25, 0.3) is 0 Å². The SMILES string of the molecule is COc1ccc(Cl)cc1Nc1cnc(C(=O)N2CCc3ccccc32)cn1. The number of halogens is 1. The van der Waals surface area contributed by atoms with Gasteiger partial charge in [0, 0.05) is 17.3 Å². The van der Waals surface area contributed by atoms with E-state index in [0.717, 1.165) is 12.1 Å². The largest absolute Gasteiger partial charge is 0.495 e. The molecule has 27 heavy (non-hydrogen) atoms. The normalized spacial score (nSPS) is 12.6. The molecule has 3 aromatic rings. The number of fused-ring (bicyclic) bond motifs is 1. The summed E-state index contributed by atoms with van der Waals surface area (Å²) in [4.78, 5) is 23.1. The molecule has 0 atom stereocenters. The molecule has 6 nitrogen and oxygen atoms in total. The molecule has 0 saturated heterocycles. The Morgan fingerprint density at radius 3 is 2.81 bits per heavy atom. The van der Waals surface area contributed by atoms with Crippen LogP contribution in [-0.2, 0) is 6.42 Å². The number of anilines is 3. The maximum Gasteiger partial charge on any atom is 0.278 e. The van der Waals surface area contributed by atoms with E-state index in [9.17, 15) is 4.79 Å². The first kappa shape index (κ1) is 17.3. The Balaban J connectivity index is 1.53. The topological polar surface area (TPSA) is 67.3 Å². The molecule has 0 spiro atoms. The Kier molecular flexibility index (Phi) is 4.64. The second kappa shape index (κ2) is 7.25. The molecule has 136 valence electrons. The van der Waals surface area contributed by atoms with Gasteiger partial charge in [0.25, 0.3) is 5.91 Å². The van der Waals surface area contributed by atoms with Crippen molar-refractivity contribution in [3.63, 3.8) is 0 Å². The second-order valence-electron chi connectivity index (χ2n) is 6.09. The van der Waals surface area contributed by atoms with Crippen molar-refractivity contribution in [1.29, 1.82) is 0 Å². The maximum atomic E-state index is 12.8. The first-order valence-electron chi connectivity index (χ1n) is 8.48. The molecule has 7 heteroatoms. The van der Waals surface area contributed by atoms with Crippen molar-refractivity contribution in [2.75, 3.05) is 23.9 Å². The van der Waals surface area contributed by atoms with E-state index in [1.54, 1.807) is 30.2 Å².